The number of carbonyl (C=O) groups excluding carboxylic acids is 1. The summed E-state index contributed by atoms with van der Waals surface area (Å²) in [6, 6.07) is 4.10. The molecule has 0 aliphatic carbocycles. The van der Waals surface area contributed by atoms with Crippen LogP contribution < -0.4 is 5.32 Å². The van der Waals surface area contributed by atoms with Gasteiger partial charge in [0.2, 0.25) is 0 Å². The predicted octanol–water partition coefficient (Wildman–Crippen LogP) is 1.76. The van der Waals surface area contributed by atoms with Gasteiger partial charge in [-0.05, 0) is 31.9 Å². The van der Waals surface area contributed by atoms with Gasteiger partial charge >= 0.3 is 0 Å². The van der Waals surface area contributed by atoms with Gasteiger partial charge in [0.25, 0.3) is 5.91 Å². The van der Waals surface area contributed by atoms with Crippen LogP contribution in [0.15, 0.2) is 18.3 Å². The summed E-state index contributed by atoms with van der Waals surface area (Å²) in [4.78, 5) is 17.5. The topological polar surface area (TPSA) is 54.5 Å². The Morgan fingerprint density at radius 2 is 2.32 bits per heavy atom. The van der Waals surface area contributed by atoms with E-state index >= 15 is 0 Å². The van der Waals surface area contributed by atoms with Crippen LogP contribution in [0, 0.1) is 0 Å². The van der Waals surface area contributed by atoms with Crippen molar-refractivity contribution < 1.29 is 9.53 Å². The Labute approximate surface area is 114 Å². The molecule has 5 nitrogen and oxygen atoms in total. The van der Waals surface area contributed by atoms with Crippen LogP contribution in [0.5, 0.6) is 0 Å². The van der Waals surface area contributed by atoms with Gasteiger partial charge in [-0.3, -0.25) is 9.78 Å². The molecule has 5 heteroatoms. The molecule has 2 heterocycles. The summed E-state index contributed by atoms with van der Waals surface area (Å²) >= 11 is 0. The summed E-state index contributed by atoms with van der Waals surface area (Å²) in [5.41, 5.74) is 1.41. The van der Waals surface area contributed by atoms with Crippen molar-refractivity contribution in [3.8, 4) is 0 Å². The van der Waals surface area contributed by atoms with Crippen molar-refractivity contribution in [2.24, 2.45) is 0 Å². The zero-order valence-corrected chi connectivity index (χ0v) is 11.7. The van der Waals surface area contributed by atoms with E-state index in [2.05, 4.69) is 17.2 Å². The fraction of sp³-hybridized carbons (Fsp3) is 0.571. The molecule has 0 spiro atoms. The largest absolute Gasteiger partial charge is 0.382 e. The lowest BCUT2D eigenvalue weighted by Crippen LogP contribution is -2.32. The molecular formula is C14H21N3O2. The molecule has 2 unspecified atom stereocenters. The number of carbonyl (C=O) groups is 1. The highest BCUT2D eigenvalue weighted by Gasteiger charge is 2.19. The molecule has 19 heavy (non-hydrogen) atoms. The summed E-state index contributed by atoms with van der Waals surface area (Å²) in [5.74, 6) is -0.0796. The Kier molecular flexibility index (Phi) is 4.37. The lowest BCUT2D eigenvalue weighted by atomic mass is 10.0. The first-order chi connectivity index (χ1) is 9.06. The maximum atomic E-state index is 11.9. The summed E-state index contributed by atoms with van der Waals surface area (Å²) in [6.07, 6.45) is 3.93. The first kappa shape index (κ1) is 13.8. The molecule has 1 aromatic heterocycles. The smallest absolute Gasteiger partial charge is 0.272 e. The van der Waals surface area contributed by atoms with Crippen molar-refractivity contribution in [2.75, 3.05) is 26.0 Å². The summed E-state index contributed by atoms with van der Waals surface area (Å²) < 4.78 is 5.53. The van der Waals surface area contributed by atoms with Crippen LogP contribution in [0.25, 0.3) is 0 Å². The number of ether oxygens (including phenoxy) is 1. The van der Waals surface area contributed by atoms with Gasteiger partial charge in [0.1, 0.15) is 5.69 Å². The molecule has 104 valence electrons. The van der Waals surface area contributed by atoms with E-state index in [0.717, 1.165) is 25.1 Å². The standard InChI is InChI=1S/C14H21N3O2/c1-10-8-12(5-7-19-10)16-11-4-6-15-13(9-11)14(18)17(2)3/h4,6,9-10,12H,5,7-8H2,1-3H3,(H,15,16). The molecule has 2 atom stereocenters. The fourth-order valence-electron chi connectivity index (χ4n) is 2.23. The highest BCUT2D eigenvalue weighted by Crippen LogP contribution is 2.19. The lowest BCUT2D eigenvalue weighted by molar-refractivity contribution is 0.0232. The van der Waals surface area contributed by atoms with E-state index in [-0.39, 0.29) is 12.0 Å². The highest BCUT2D eigenvalue weighted by atomic mass is 16.5. The van der Waals surface area contributed by atoms with Crippen LogP contribution in [-0.2, 0) is 4.74 Å². The normalized spacial score (nSPS) is 22.9. The van der Waals surface area contributed by atoms with Crippen molar-refractivity contribution in [1.82, 2.24) is 9.88 Å². The minimum atomic E-state index is -0.0796. The van der Waals surface area contributed by atoms with Gasteiger partial charge in [-0.1, -0.05) is 0 Å². The predicted molar refractivity (Wildman–Crippen MR) is 74.3 cm³/mol. The highest BCUT2D eigenvalue weighted by molar-refractivity contribution is 5.92. The van der Waals surface area contributed by atoms with Gasteiger partial charge in [0.15, 0.2) is 0 Å². The Bertz CT molecular complexity index is 448. The van der Waals surface area contributed by atoms with Crippen molar-refractivity contribution >= 4 is 11.6 Å². The molecule has 1 aliphatic heterocycles. The average Bonchev–Trinajstić information content (AvgIpc) is 2.38. The number of aromatic nitrogens is 1. The van der Waals surface area contributed by atoms with Crippen molar-refractivity contribution in [1.29, 1.82) is 0 Å². The molecule has 0 radical (unpaired) electrons. The van der Waals surface area contributed by atoms with Gasteiger partial charge in [-0.25, -0.2) is 0 Å². The monoisotopic (exact) mass is 263 g/mol. The molecule has 1 amide bonds. The van der Waals surface area contributed by atoms with Gasteiger partial charge in [0.05, 0.1) is 6.10 Å². The first-order valence-electron chi connectivity index (χ1n) is 6.62. The summed E-state index contributed by atoms with van der Waals surface area (Å²) in [5, 5.41) is 3.45. The molecule has 2 rings (SSSR count). The lowest BCUT2D eigenvalue weighted by Gasteiger charge is -2.28. The van der Waals surface area contributed by atoms with Crippen LogP contribution in [0.3, 0.4) is 0 Å². The zero-order chi connectivity index (χ0) is 13.8. The second-order valence-corrected chi connectivity index (χ2v) is 5.18. The molecule has 0 aromatic carbocycles. The SMILES string of the molecule is CC1CC(Nc2ccnc(C(=O)N(C)C)c2)CCO1. The molecule has 1 saturated heterocycles. The average molecular weight is 263 g/mol. The van der Waals surface area contributed by atoms with Crippen LogP contribution in [0.4, 0.5) is 5.69 Å². The molecule has 0 bridgehead atoms. The molecule has 1 aromatic rings. The number of hydrogen-bond acceptors (Lipinski definition) is 4. The summed E-state index contributed by atoms with van der Waals surface area (Å²) in [6.45, 7) is 2.87. The van der Waals surface area contributed by atoms with Gasteiger partial charge in [-0.2, -0.15) is 0 Å². The Morgan fingerprint density at radius 1 is 1.53 bits per heavy atom. The first-order valence-corrected chi connectivity index (χ1v) is 6.62. The minimum absolute atomic E-state index is 0.0796. The van der Waals surface area contributed by atoms with Crippen LogP contribution in [0.1, 0.15) is 30.3 Å². The minimum Gasteiger partial charge on any atom is -0.382 e. The van der Waals surface area contributed by atoms with E-state index in [9.17, 15) is 4.79 Å². The Hall–Kier alpha value is -1.62. The Morgan fingerprint density at radius 3 is 3.00 bits per heavy atom. The fourth-order valence-corrected chi connectivity index (χ4v) is 2.23. The van der Waals surface area contributed by atoms with E-state index in [4.69, 9.17) is 4.74 Å². The van der Waals surface area contributed by atoms with E-state index < -0.39 is 0 Å². The second kappa shape index (κ2) is 6.02. The molecular weight excluding hydrogens is 242 g/mol. The van der Waals surface area contributed by atoms with Gasteiger partial charge in [0, 0.05) is 38.6 Å². The number of amides is 1. The number of pyridine rings is 1. The van der Waals surface area contributed by atoms with Crippen molar-refractivity contribution in [3.63, 3.8) is 0 Å². The number of anilines is 1. The van der Waals surface area contributed by atoms with Gasteiger partial charge in [-0.15, -0.1) is 0 Å². The molecule has 0 saturated carbocycles. The third-order valence-corrected chi connectivity index (χ3v) is 3.24. The molecule has 1 fully saturated rings. The van der Waals surface area contributed by atoms with Crippen molar-refractivity contribution in [2.45, 2.75) is 31.9 Å². The third kappa shape index (κ3) is 3.67. The quantitative estimate of drug-likeness (QED) is 0.903. The maximum absolute atomic E-state index is 11.9. The van der Waals surface area contributed by atoms with Crippen LogP contribution in [-0.4, -0.2) is 48.6 Å². The van der Waals surface area contributed by atoms with E-state index in [1.807, 2.05) is 12.1 Å². The second-order valence-electron chi connectivity index (χ2n) is 5.18. The van der Waals surface area contributed by atoms with Crippen LogP contribution in [0.2, 0.25) is 0 Å². The van der Waals surface area contributed by atoms with E-state index in [0.29, 0.717) is 11.7 Å². The van der Waals surface area contributed by atoms with Gasteiger partial charge < -0.3 is 15.0 Å². The number of nitrogens with zero attached hydrogens (tertiary/aromatic N) is 2. The molecule has 1 aliphatic rings. The number of hydrogen-bond donors (Lipinski definition) is 1. The zero-order valence-electron chi connectivity index (χ0n) is 11.7. The van der Waals surface area contributed by atoms with Crippen molar-refractivity contribution in [3.05, 3.63) is 24.0 Å². The number of rotatable bonds is 3. The Balaban J connectivity index is 2.04. The summed E-state index contributed by atoms with van der Waals surface area (Å²) in [7, 11) is 3.45. The van der Waals surface area contributed by atoms with E-state index in [1.165, 1.54) is 4.90 Å². The van der Waals surface area contributed by atoms with Crippen LogP contribution >= 0.6 is 0 Å². The maximum Gasteiger partial charge on any atom is 0.272 e. The number of nitrogens with one attached hydrogen (secondary N) is 1. The van der Waals surface area contributed by atoms with E-state index in [1.54, 1.807) is 20.3 Å². The third-order valence-electron chi connectivity index (χ3n) is 3.24. The molecule has 1 N–H and O–H groups in total.